The van der Waals surface area contributed by atoms with Crippen molar-refractivity contribution in [1.82, 2.24) is 0 Å². The van der Waals surface area contributed by atoms with Crippen molar-refractivity contribution in [2.45, 2.75) is 149 Å². The minimum atomic E-state index is -0.227. The molecule has 346 valence electrons. The van der Waals surface area contributed by atoms with E-state index in [0.29, 0.717) is 0 Å². The highest BCUT2D eigenvalue weighted by atomic mass is 16.3. The molecular weight excluding hydrogens is 836 g/mol. The highest BCUT2D eigenvalue weighted by Crippen LogP contribution is 2.57. The van der Waals surface area contributed by atoms with E-state index in [-0.39, 0.29) is 39.2 Å². The van der Waals surface area contributed by atoms with Gasteiger partial charge < -0.3 is 14.2 Å². The standard InChI is InChI=1S/C65H67BN2O/c1-37-28-55-58-56(29-37)68(52-33-45-43(30-38(52)2)60(3,4)26-27-61(45,5)6)53-34-46-44(62(7,8)36-63(46,9)10)31-49(53)66(58)50-32-47-48(65(13,14)42-23-17-16-22-41(42)64(47,11)12)35-54(50)67(55)51-24-19-21-40-39-20-15-18-25-57(39)69-59(40)51/h15-25,28-35H,26-27,36H2,1-14H3. The molecule has 0 saturated carbocycles. The number of hydrogen-bond acceptors (Lipinski definition) is 3. The molecule has 0 amide bonds. The van der Waals surface area contributed by atoms with Crippen molar-refractivity contribution in [3.05, 3.63) is 171 Å². The molecule has 2 aliphatic heterocycles. The summed E-state index contributed by atoms with van der Waals surface area (Å²) in [5.41, 5.74) is 27.4. The Morgan fingerprint density at radius 3 is 1.54 bits per heavy atom. The molecule has 8 aromatic rings. The molecule has 4 heteroatoms. The molecule has 0 saturated heterocycles. The average molecular weight is 903 g/mol. The number of hydrogen-bond donors (Lipinski definition) is 0. The predicted octanol–water partition coefficient (Wildman–Crippen LogP) is 15.6. The Bertz CT molecular complexity index is 3590. The van der Waals surface area contributed by atoms with Crippen molar-refractivity contribution in [2.24, 2.45) is 0 Å². The second-order valence-corrected chi connectivity index (χ2v) is 25.7. The first-order valence-corrected chi connectivity index (χ1v) is 25.8. The van der Waals surface area contributed by atoms with E-state index in [0.717, 1.165) is 34.0 Å². The van der Waals surface area contributed by atoms with Gasteiger partial charge in [-0.2, -0.15) is 0 Å². The van der Waals surface area contributed by atoms with Crippen molar-refractivity contribution in [3.8, 4) is 0 Å². The second kappa shape index (κ2) is 13.4. The van der Waals surface area contributed by atoms with Crippen LogP contribution in [0.1, 0.15) is 158 Å². The van der Waals surface area contributed by atoms with Gasteiger partial charge in [0.25, 0.3) is 6.71 Å². The summed E-state index contributed by atoms with van der Waals surface area (Å²) in [6, 6.07) is 45.3. The molecule has 1 aromatic heterocycles. The van der Waals surface area contributed by atoms with E-state index in [1.54, 1.807) is 0 Å². The average Bonchev–Trinajstić information content (AvgIpc) is 3.76. The van der Waals surface area contributed by atoms with Crippen LogP contribution in [0.4, 0.5) is 34.1 Å². The van der Waals surface area contributed by atoms with Crippen LogP contribution in [0.25, 0.3) is 21.9 Å². The first-order chi connectivity index (χ1) is 32.5. The van der Waals surface area contributed by atoms with E-state index >= 15 is 0 Å². The number of benzene rings is 7. The third kappa shape index (κ3) is 5.64. The molecule has 0 spiro atoms. The molecule has 69 heavy (non-hydrogen) atoms. The lowest BCUT2D eigenvalue weighted by molar-refractivity contribution is 0.332. The van der Waals surface area contributed by atoms with Gasteiger partial charge in [-0.1, -0.05) is 156 Å². The van der Waals surface area contributed by atoms with Crippen LogP contribution in [0, 0.1) is 13.8 Å². The molecule has 0 bridgehead atoms. The highest BCUT2D eigenvalue weighted by molar-refractivity contribution is 7.00. The fourth-order valence-electron chi connectivity index (χ4n) is 14.9. The van der Waals surface area contributed by atoms with Crippen LogP contribution < -0.4 is 26.2 Å². The highest BCUT2D eigenvalue weighted by Gasteiger charge is 2.51. The fourth-order valence-corrected chi connectivity index (χ4v) is 14.9. The molecule has 0 fully saturated rings. The third-order valence-corrected chi connectivity index (χ3v) is 18.5. The molecule has 13 rings (SSSR count). The SMILES string of the molecule is Cc1cc2c3c(c1)N(c1cccc4c1oc1ccccc14)c1cc4c(cc1B3c1cc3c(cc1N2c1cc2c(cc1C)C(C)(C)CCC2(C)C)C(C)(C)CC3(C)C)C(C)(C)c1ccccc1C4(C)C. The molecule has 0 radical (unpaired) electrons. The third-order valence-electron chi connectivity index (χ3n) is 18.5. The van der Waals surface area contributed by atoms with Crippen LogP contribution in [0.15, 0.2) is 120 Å². The monoisotopic (exact) mass is 903 g/mol. The first kappa shape index (κ1) is 43.1. The Morgan fingerprint density at radius 1 is 0.420 bits per heavy atom. The number of anilines is 6. The molecule has 3 nitrogen and oxygen atoms in total. The zero-order valence-electron chi connectivity index (χ0n) is 43.5. The van der Waals surface area contributed by atoms with Gasteiger partial charge in [-0.3, -0.25) is 0 Å². The van der Waals surface area contributed by atoms with Crippen molar-refractivity contribution < 1.29 is 4.42 Å². The molecule has 0 unspecified atom stereocenters. The van der Waals surface area contributed by atoms with Crippen molar-refractivity contribution in [2.75, 3.05) is 9.80 Å². The fraction of sp³-hybridized carbons (Fsp3) is 0.354. The van der Waals surface area contributed by atoms with Gasteiger partial charge in [0.05, 0.1) is 5.69 Å². The Balaban J connectivity index is 1.18. The van der Waals surface area contributed by atoms with Crippen molar-refractivity contribution >= 4 is 79.2 Å². The molecule has 0 N–H and O–H groups in total. The van der Waals surface area contributed by atoms with Crippen LogP contribution in [0.5, 0.6) is 0 Å². The summed E-state index contributed by atoms with van der Waals surface area (Å²) in [5.74, 6) is 0. The number of nitrogens with zero attached hydrogens (tertiary/aromatic N) is 2. The van der Waals surface area contributed by atoms with Crippen LogP contribution in [-0.2, 0) is 32.5 Å². The van der Waals surface area contributed by atoms with Gasteiger partial charge in [-0.25, -0.2) is 0 Å². The second-order valence-electron chi connectivity index (χ2n) is 25.7. The topological polar surface area (TPSA) is 19.6 Å². The van der Waals surface area contributed by atoms with Gasteiger partial charge in [0, 0.05) is 50.0 Å². The molecule has 0 atom stereocenters. The Hall–Kier alpha value is -6.00. The Kier molecular flexibility index (Phi) is 8.39. The maximum atomic E-state index is 7.02. The van der Waals surface area contributed by atoms with Gasteiger partial charge in [0.1, 0.15) is 5.58 Å². The lowest BCUT2D eigenvalue weighted by Gasteiger charge is -2.48. The number of rotatable bonds is 2. The zero-order chi connectivity index (χ0) is 48.3. The van der Waals surface area contributed by atoms with Crippen molar-refractivity contribution in [1.29, 1.82) is 0 Å². The van der Waals surface area contributed by atoms with Crippen LogP contribution in [0.2, 0.25) is 0 Å². The largest absolute Gasteiger partial charge is 0.454 e. The van der Waals surface area contributed by atoms with E-state index in [4.69, 9.17) is 4.42 Å². The normalized spacial score (nSPS) is 19.9. The number of fused-ring (bicyclic) bond motifs is 11. The van der Waals surface area contributed by atoms with Gasteiger partial charge in [0.2, 0.25) is 0 Å². The van der Waals surface area contributed by atoms with E-state index in [2.05, 4.69) is 222 Å². The van der Waals surface area contributed by atoms with Crippen LogP contribution >= 0.6 is 0 Å². The zero-order valence-corrected chi connectivity index (χ0v) is 43.5. The summed E-state index contributed by atoms with van der Waals surface area (Å²) in [6.45, 7) is 34.3. The molecule has 7 aromatic carbocycles. The lowest BCUT2D eigenvalue weighted by Crippen LogP contribution is -2.62. The summed E-state index contributed by atoms with van der Waals surface area (Å²) in [7, 11) is 0. The molecular formula is C65H67BN2O. The maximum Gasteiger partial charge on any atom is 0.252 e. The van der Waals surface area contributed by atoms with Gasteiger partial charge in [-0.05, 0) is 169 Å². The number of furan rings is 1. The summed E-state index contributed by atoms with van der Waals surface area (Å²) >= 11 is 0. The summed E-state index contributed by atoms with van der Waals surface area (Å²) in [6.07, 6.45) is 3.48. The van der Waals surface area contributed by atoms with Gasteiger partial charge >= 0.3 is 0 Å². The minimum absolute atomic E-state index is 0.0116. The van der Waals surface area contributed by atoms with Crippen LogP contribution in [-0.4, -0.2) is 6.71 Å². The smallest absolute Gasteiger partial charge is 0.252 e. The lowest BCUT2D eigenvalue weighted by atomic mass is 9.32. The minimum Gasteiger partial charge on any atom is -0.454 e. The molecule has 3 aliphatic carbocycles. The molecule has 5 aliphatic rings. The summed E-state index contributed by atoms with van der Waals surface area (Å²) < 4.78 is 7.02. The number of para-hydroxylation sites is 2. The summed E-state index contributed by atoms with van der Waals surface area (Å²) in [4.78, 5) is 5.33. The van der Waals surface area contributed by atoms with Crippen molar-refractivity contribution in [3.63, 3.8) is 0 Å². The molecule has 3 heterocycles. The summed E-state index contributed by atoms with van der Waals surface area (Å²) in [5, 5.41) is 2.29. The van der Waals surface area contributed by atoms with Gasteiger partial charge in [-0.15, -0.1) is 0 Å². The first-order valence-electron chi connectivity index (χ1n) is 25.8. The van der Waals surface area contributed by atoms with E-state index in [1.165, 1.54) is 113 Å². The Morgan fingerprint density at radius 2 is 0.899 bits per heavy atom. The maximum absolute atomic E-state index is 7.02. The van der Waals surface area contributed by atoms with E-state index < -0.39 is 0 Å². The van der Waals surface area contributed by atoms with E-state index in [9.17, 15) is 0 Å². The number of aryl methyl sites for hydroxylation is 2. The predicted molar refractivity (Wildman–Crippen MR) is 294 cm³/mol. The quantitative estimate of drug-likeness (QED) is 0.161. The van der Waals surface area contributed by atoms with Crippen LogP contribution in [0.3, 0.4) is 0 Å². The van der Waals surface area contributed by atoms with Gasteiger partial charge in [0.15, 0.2) is 5.58 Å². The Labute approximate surface area is 411 Å². The van der Waals surface area contributed by atoms with E-state index in [1.807, 2.05) is 0 Å².